The molecule has 0 heterocycles. The molecular formula is C12H17F3N2O2S. The molecule has 0 aliphatic carbocycles. The summed E-state index contributed by atoms with van der Waals surface area (Å²) in [5.74, 6) is 0. The number of rotatable bonds is 5. The number of halogens is 3. The molecule has 0 spiro atoms. The Kier molecular flexibility index (Phi) is 4.83. The summed E-state index contributed by atoms with van der Waals surface area (Å²) in [7, 11) is -4.05. The lowest BCUT2D eigenvalue weighted by Gasteiger charge is -2.27. The van der Waals surface area contributed by atoms with Gasteiger partial charge in [-0.05, 0) is 31.5 Å². The van der Waals surface area contributed by atoms with Gasteiger partial charge in [-0.3, -0.25) is 0 Å². The van der Waals surface area contributed by atoms with Crippen LogP contribution in [0.3, 0.4) is 0 Å². The minimum absolute atomic E-state index is 0.0433. The first-order chi connectivity index (χ1) is 9.04. The van der Waals surface area contributed by atoms with Gasteiger partial charge in [-0.25, -0.2) is 13.1 Å². The van der Waals surface area contributed by atoms with Crippen molar-refractivity contribution in [1.82, 2.24) is 4.72 Å². The van der Waals surface area contributed by atoms with E-state index in [4.69, 9.17) is 5.73 Å². The van der Waals surface area contributed by atoms with E-state index >= 15 is 0 Å². The number of alkyl halides is 3. The maximum absolute atomic E-state index is 12.6. The summed E-state index contributed by atoms with van der Waals surface area (Å²) in [6.45, 7) is 3.38. The van der Waals surface area contributed by atoms with Crippen molar-refractivity contribution in [1.29, 1.82) is 0 Å². The largest absolute Gasteiger partial charge is 0.416 e. The molecule has 0 aliphatic rings. The molecule has 20 heavy (non-hydrogen) atoms. The van der Waals surface area contributed by atoms with E-state index in [0.29, 0.717) is 12.5 Å². The van der Waals surface area contributed by atoms with E-state index in [9.17, 15) is 21.6 Å². The van der Waals surface area contributed by atoms with Crippen molar-refractivity contribution in [2.75, 3.05) is 6.54 Å². The summed E-state index contributed by atoms with van der Waals surface area (Å²) in [6.07, 6.45) is -4.17. The third kappa shape index (κ3) is 3.94. The topological polar surface area (TPSA) is 72.2 Å². The Hall–Kier alpha value is -1.12. The zero-order valence-corrected chi connectivity index (χ0v) is 12.0. The molecule has 0 amide bonds. The molecule has 0 saturated carbocycles. The van der Waals surface area contributed by atoms with Crippen LogP contribution in [0.2, 0.25) is 0 Å². The molecule has 0 bridgehead atoms. The lowest BCUT2D eigenvalue weighted by atomic mass is 10.0. The molecule has 0 fully saturated rings. The lowest BCUT2D eigenvalue weighted by molar-refractivity contribution is -0.137. The Balaban J connectivity index is 3.17. The highest BCUT2D eigenvalue weighted by Crippen LogP contribution is 2.30. The van der Waals surface area contributed by atoms with Crippen LogP contribution in [0, 0.1) is 0 Å². The summed E-state index contributed by atoms with van der Waals surface area (Å²) in [4.78, 5) is -0.430. The van der Waals surface area contributed by atoms with Gasteiger partial charge in [0.05, 0.1) is 10.5 Å². The zero-order chi connectivity index (χ0) is 15.6. The average molecular weight is 310 g/mol. The Morgan fingerprint density at radius 2 is 1.90 bits per heavy atom. The van der Waals surface area contributed by atoms with Crippen LogP contribution in [0.1, 0.15) is 25.8 Å². The van der Waals surface area contributed by atoms with Crippen LogP contribution >= 0.6 is 0 Å². The summed E-state index contributed by atoms with van der Waals surface area (Å²) >= 11 is 0. The van der Waals surface area contributed by atoms with Crippen LogP contribution in [0.5, 0.6) is 0 Å². The SMILES string of the molecule is CCC(C)(CN)NS(=O)(=O)c1cccc(C(F)(F)F)c1. The normalized spacial score (nSPS) is 15.9. The highest BCUT2D eigenvalue weighted by Gasteiger charge is 2.33. The molecule has 4 nitrogen and oxygen atoms in total. The van der Waals surface area contributed by atoms with Crippen LogP contribution < -0.4 is 10.5 Å². The smallest absolute Gasteiger partial charge is 0.329 e. The highest BCUT2D eigenvalue weighted by molar-refractivity contribution is 7.89. The van der Waals surface area contributed by atoms with E-state index in [2.05, 4.69) is 4.72 Å². The van der Waals surface area contributed by atoms with Gasteiger partial charge in [0, 0.05) is 12.1 Å². The van der Waals surface area contributed by atoms with Gasteiger partial charge < -0.3 is 5.73 Å². The van der Waals surface area contributed by atoms with Gasteiger partial charge in [0.25, 0.3) is 0 Å². The molecule has 3 N–H and O–H groups in total. The molecule has 0 radical (unpaired) electrons. The van der Waals surface area contributed by atoms with Crippen molar-refractivity contribution in [2.24, 2.45) is 5.73 Å². The molecule has 0 aliphatic heterocycles. The molecule has 0 saturated heterocycles. The minimum Gasteiger partial charge on any atom is -0.329 e. The highest BCUT2D eigenvalue weighted by atomic mass is 32.2. The second-order valence-electron chi connectivity index (χ2n) is 4.75. The van der Waals surface area contributed by atoms with Crippen LogP contribution in [0.4, 0.5) is 13.2 Å². The van der Waals surface area contributed by atoms with E-state index in [0.717, 1.165) is 18.2 Å². The predicted octanol–water partition coefficient (Wildman–Crippen LogP) is 2.11. The van der Waals surface area contributed by atoms with Gasteiger partial charge in [0.1, 0.15) is 0 Å². The van der Waals surface area contributed by atoms with Crippen LogP contribution in [-0.4, -0.2) is 20.5 Å². The average Bonchev–Trinajstić information content (AvgIpc) is 2.37. The maximum Gasteiger partial charge on any atom is 0.416 e. The number of sulfonamides is 1. The summed E-state index contributed by atoms with van der Waals surface area (Å²) in [5.41, 5.74) is 3.59. The molecule has 8 heteroatoms. The lowest BCUT2D eigenvalue weighted by Crippen LogP contribution is -2.50. The molecule has 1 unspecified atom stereocenters. The number of hydrogen-bond acceptors (Lipinski definition) is 3. The molecular weight excluding hydrogens is 293 g/mol. The second-order valence-corrected chi connectivity index (χ2v) is 6.43. The Morgan fingerprint density at radius 3 is 2.35 bits per heavy atom. The fourth-order valence-electron chi connectivity index (χ4n) is 1.48. The fraction of sp³-hybridized carbons (Fsp3) is 0.500. The third-order valence-electron chi connectivity index (χ3n) is 3.08. The van der Waals surface area contributed by atoms with Crippen molar-refractivity contribution in [3.8, 4) is 0 Å². The fourth-order valence-corrected chi connectivity index (χ4v) is 3.02. The Morgan fingerprint density at radius 1 is 1.30 bits per heavy atom. The van der Waals surface area contributed by atoms with Crippen molar-refractivity contribution in [2.45, 2.75) is 36.9 Å². The minimum atomic E-state index is -4.59. The van der Waals surface area contributed by atoms with Crippen molar-refractivity contribution in [3.63, 3.8) is 0 Å². The van der Waals surface area contributed by atoms with Gasteiger partial charge in [-0.15, -0.1) is 0 Å². The first-order valence-electron chi connectivity index (χ1n) is 5.95. The van der Waals surface area contributed by atoms with Crippen LogP contribution in [-0.2, 0) is 16.2 Å². The quantitative estimate of drug-likeness (QED) is 0.875. The molecule has 1 rings (SSSR count). The van der Waals surface area contributed by atoms with Crippen molar-refractivity contribution < 1.29 is 21.6 Å². The van der Waals surface area contributed by atoms with Crippen molar-refractivity contribution >= 4 is 10.0 Å². The summed E-state index contributed by atoms with van der Waals surface area (Å²) in [5, 5.41) is 0. The monoisotopic (exact) mass is 310 g/mol. The number of benzene rings is 1. The van der Waals surface area contributed by atoms with Gasteiger partial charge in [-0.1, -0.05) is 13.0 Å². The van der Waals surface area contributed by atoms with E-state index in [1.54, 1.807) is 13.8 Å². The van der Waals surface area contributed by atoms with E-state index in [1.807, 2.05) is 0 Å². The first-order valence-corrected chi connectivity index (χ1v) is 7.44. The van der Waals surface area contributed by atoms with Gasteiger partial charge in [-0.2, -0.15) is 13.2 Å². The summed E-state index contributed by atoms with van der Waals surface area (Å²) in [6, 6.07) is 3.60. The molecule has 114 valence electrons. The van der Waals surface area contributed by atoms with Crippen molar-refractivity contribution in [3.05, 3.63) is 29.8 Å². The standard InChI is InChI=1S/C12H17F3N2O2S/c1-3-11(2,8-16)17-20(18,19)10-6-4-5-9(7-10)12(13,14)15/h4-7,17H,3,8,16H2,1-2H3. The Bertz CT molecular complexity index is 566. The maximum atomic E-state index is 12.6. The van der Waals surface area contributed by atoms with Gasteiger partial charge >= 0.3 is 6.18 Å². The first kappa shape index (κ1) is 16.9. The Labute approximate surface area is 116 Å². The van der Waals surface area contributed by atoms with E-state index < -0.39 is 32.2 Å². The van der Waals surface area contributed by atoms with Crippen LogP contribution in [0.25, 0.3) is 0 Å². The molecule has 1 aromatic rings. The van der Waals surface area contributed by atoms with E-state index in [1.165, 1.54) is 0 Å². The number of hydrogen-bond donors (Lipinski definition) is 2. The summed E-state index contributed by atoms with van der Waals surface area (Å²) < 4.78 is 64.3. The van der Waals surface area contributed by atoms with Gasteiger partial charge in [0.2, 0.25) is 10.0 Å². The number of nitrogens with one attached hydrogen (secondary N) is 1. The third-order valence-corrected chi connectivity index (χ3v) is 4.72. The molecule has 1 aromatic carbocycles. The van der Waals surface area contributed by atoms with E-state index in [-0.39, 0.29) is 6.54 Å². The zero-order valence-electron chi connectivity index (χ0n) is 11.2. The number of nitrogens with two attached hydrogens (primary N) is 1. The van der Waals surface area contributed by atoms with Gasteiger partial charge in [0.15, 0.2) is 0 Å². The molecule has 1 atom stereocenters. The molecule has 0 aromatic heterocycles. The second kappa shape index (κ2) is 5.71. The van der Waals surface area contributed by atoms with Crippen LogP contribution in [0.15, 0.2) is 29.2 Å². The predicted molar refractivity (Wildman–Crippen MR) is 69.5 cm³/mol.